The Labute approximate surface area is 121 Å². The molecule has 2 aliphatic rings. The maximum absolute atomic E-state index is 11.5. The van der Waals surface area contributed by atoms with Gasteiger partial charge >= 0.3 is 0 Å². The van der Waals surface area contributed by atoms with Crippen molar-refractivity contribution in [2.45, 2.75) is 50.6 Å². The van der Waals surface area contributed by atoms with Crippen LogP contribution in [0.2, 0.25) is 0 Å². The predicted molar refractivity (Wildman–Crippen MR) is 80.7 cm³/mol. The molecule has 1 aromatic rings. The highest BCUT2D eigenvalue weighted by Crippen LogP contribution is 2.37. The van der Waals surface area contributed by atoms with Crippen LogP contribution in [0, 0.1) is 6.92 Å². The predicted octanol–water partition coefficient (Wildman–Crippen LogP) is 2.45. The first kappa shape index (κ1) is 13.6. The van der Waals surface area contributed by atoms with Crippen LogP contribution < -0.4 is 5.32 Å². The number of nitrogens with zero attached hydrogens (tertiary/aromatic N) is 1. The Kier molecular flexibility index (Phi) is 3.79. The van der Waals surface area contributed by atoms with E-state index in [0.29, 0.717) is 18.5 Å². The SMILES string of the molecule is Cc1ccc(C2CC(NC3CCC(=O)N(C)C3)C2)cc1. The van der Waals surface area contributed by atoms with Gasteiger partial charge in [-0.3, -0.25) is 4.79 Å². The molecule has 1 unspecified atom stereocenters. The van der Waals surface area contributed by atoms with Gasteiger partial charge in [-0.1, -0.05) is 29.8 Å². The molecule has 3 nitrogen and oxygen atoms in total. The first-order chi connectivity index (χ1) is 9.61. The normalized spacial score (nSPS) is 30.2. The van der Waals surface area contributed by atoms with Crippen molar-refractivity contribution in [2.24, 2.45) is 0 Å². The van der Waals surface area contributed by atoms with E-state index in [1.807, 2.05) is 11.9 Å². The first-order valence-electron chi connectivity index (χ1n) is 7.68. The number of hydrogen-bond acceptors (Lipinski definition) is 2. The van der Waals surface area contributed by atoms with E-state index in [9.17, 15) is 4.79 Å². The molecule has 3 rings (SSSR count). The van der Waals surface area contributed by atoms with Crippen molar-refractivity contribution in [3.63, 3.8) is 0 Å². The van der Waals surface area contributed by atoms with Crippen LogP contribution in [0.15, 0.2) is 24.3 Å². The first-order valence-corrected chi connectivity index (χ1v) is 7.68. The summed E-state index contributed by atoms with van der Waals surface area (Å²) in [4.78, 5) is 13.3. The highest BCUT2D eigenvalue weighted by Gasteiger charge is 2.33. The fraction of sp³-hybridized carbons (Fsp3) is 0.588. The van der Waals surface area contributed by atoms with E-state index in [1.54, 1.807) is 0 Å². The van der Waals surface area contributed by atoms with E-state index in [4.69, 9.17) is 0 Å². The quantitative estimate of drug-likeness (QED) is 0.916. The molecule has 2 fully saturated rings. The summed E-state index contributed by atoms with van der Waals surface area (Å²) in [6, 6.07) is 10.1. The molecule has 20 heavy (non-hydrogen) atoms. The molecule has 0 radical (unpaired) electrons. The Morgan fingerprint density at radius 2 is 1.85 bits per heavy atom. The van der Waals surface area contributed by atoms with Gasteiger partial charge in [-0.05, 0) is 37.7 Å². The number of carbonyl (C=O) groups excluding carboxylic acids is 1. The lowest BCUT2D eigenvalue weighted by Gasteiger charge is -2.41. The smallest absolute Gasteiger partial charge is 0.222 e. The summed E-state index contributed by atoms with van der Waals surface area (Å²) in [5.74, 6) is 1.00. The van der Waals surface area contributed by atoms with Crippen LogP contribution in [0.3, 0.4) is 0 Å². The van der Waals surface area contributed by atoms with E-state index in [2.05, 4.69) is 36.5 Å². The fourth-order valence-corrected chi connectivity index (χ4v) is 3.35. The van der Waals surface area contributed by atoms with Gasteiger partial charge in [0.05, 0.1) is 0 Å². The van der Waals surface area contributed by atoms with Crippen molar-refractivity contribution in [2.75, 3.05) is 13.6 Å². The Hall–Kier alpha value is -1.35. The van der Waals surface area contributed by atoms with Gasteiger partial charge in [0.15, 0.2) is 0 Å². The third-order valence-corrected chi connectivity index (χ3v) is 4.78. The maximum Gasteiger partial charge on any atom is 0.222 e. The average Bonchev–Trinajstić information content (AvgIpc) is 2.39. The Balaban J connectivity index is 1.46. The Morgan fingerprint density at radius 3 is 2.50 bits per heavy atom. The van der Waals surface area contributed by atoms with Crippen molar-refractivity contribution in [1.82, 2.24) is 10.2 Å². The van der Waals surface area contributed by atoms with Crippen LogP contribution in [0.25, 0.3) is 0 Å². The van der Waals surface area contributed by atoms with Crippen LogP contribution in [0.1, 0.15) is 42.7 Å². The Morgan fingerprint density at radius 1 is 1.15 bits per heavy atom. The van der Waals surface area contributed by atoms with E-state index in [-0.39, 0.29) is 5.91 Å². The number of likely N-dealkylation sites (N-methyl/N-ethyl adjacent to an activating group) is 1. The number of likely N-dealkylation sites (tertiary alicyclic amines) is 1. The van der Waals surface area contributed by atoms with Crippen LogP contribution in [-0.4, -0.2) is 36.5 Å². The topological polar surface area (TPSA) is 32.3 Å². The van der Waals surface area contributed by atoms with Gasteiger partial charge in [0, 0.05) is 32.1 Å². The van der Waals surface area contributed by atoms with E-state index in [1.165, 1.54) is 24.0 Å². The van der Waals surface area contributed by atoms with Gasteiger partial charge in [0.1, 0.15) is 0 Å². The van der Waals surface area contributed by atoms with Gasteiger partial charge < -0.3 is 10.2 Å². The van der Waals surface area contributed by atoms with Crippen LogP contribution in [0.5, 0.6) is 0 Å². The number of hydrogen-bond donors (Lipinski definition) is 1. The fourth-order valence-electron chi connectivity index (χ4n) is 3.35. The molecule has 1 aliphatic carbocycles. The van der Waals surface area contributed by atoms with Crippen molar-refractivity contribution in [3.05, 3.63) is 35.4 Å². The molecule has 1 amide bonds. The minimum Gasteiger partial charge on any atom is -0.344 e. The average molecular weight is 272 g/mol. The lowest BCUT2D eigenvalue weighted by molar-refractivity contribution is -0.132. The van der Waals surface area contributed by atoms with E-state index < -0.39 is 0 Å². The van der Waals surface area contributed by atoms with Crippen LogP contribution >= 0.6 is 0 Å². The summed E-state index contributed by atoms with van der Waals surface area (Å²) in [5, 5.41) is 3.72. The third-order valence-electron chi connectivity index (χ3n) is 4.78. The Bertz CT molecular complexity index is 476. The monoisotopic (exact) mass is 272 g/mol. The molecular weight excluding hydrogens is 248 g/mol. The van der Waals surface area contributed by atoms with Gasteiger partial charge in [0.25, 0.3) is 0 Å². The number of nitrogens with one attached hydrogen (secondary N) is 1. The van der Waals surface area contributed by atoms with Gasteiger partial charge in [0.2, 0.25) is 5.91 Å². The minimum atomic E-state index is 0.286. The van der Waals surface area contributed by atoms with Crippen molar-refractivity contribution >= 4 is 5.91 Å². The summed E-state index contributed by atoms with van der Waals surface area (Å²) in [7, 11) is 1.91. The molecule has 3 heteroatoms. The van der Waals surface area contributed by atoms with Gasteiger partial charge in [-0.15, -0.1) is 0 Å². The molecule has 1 N–H and O–H groups in total. The standard InChI is InChI=1S/C17H24N2O/c1-12-3-5-13(6-4-12)14-9-16(10-14)18-15-7-8-17(20)19(2)11-15/h3-6,14-16,18H,7-11H2,1-2H3. The second-order valence-corrected chi connectivity index (χ2v) is 6.45. The third kappa shape index (κ3) is 2.88. The van der Waals surface area contributed by atoms with Gasteiger partial charge in [-0.25, -0.2) is 0 Å². The minimum absolute atomic E-state index is 0.286. The molecule has 1 heterocycles. The molecule has 0 bridgehead atoms. The molecule has 1 saturated heterocycles. The van der Waals surface area contributed by atoms with Crippen molar-refractivity contribution in [3.8, 4) is 0 Å². The largest absolute Gasteiger partial charge is 0.344 e. The molecule has 1 aromatic carbocycles. The number of amides is 1. The number of piperidine rings is 1. The molecule has 0 spiro atoms. The highest BCUT2D eigenvalue weighted by molar-refractivity contribution is 5.76. The lowest BCUT2D eigenvalue weighted by Crippen LogP contribution is -2.52. The zero-order valence-electron chi connectivity index (χ0n) is 12.4. The number of benzene rings is 1. The van der Waals surface area contributed by atoms with E-state index >= 15 is 0 Å². The summed E-state index contributed by atoms with van der Waals surface area (Å²) in [6.45, 7) is 3.00. The molecular formula is C17H24N2O. The second kappa shape index (κ2) is 5.57. The molecule has 1 saturated carbocycles. The van der Waals surface area contributed by atoms with Crippen molar-refractivity contribution < 1.29 is 4.79 Å². The van der Waals surface area contributed by atoms with Crippen molar-refractivity contribution in [1.29, 1.82) is 0 Å². The second-order valence-electron chi connectivity index (χ2n) is 6.45. The van der Waals surface area contributed by atoms with E-state index in [0.717, 1.165) is 18.9 Å². The number of carbonyl (C=O) groups is 1. The molecule has 108 valence electrons. The highest BCUT2D eigenvalue weighted by atomic mass is 16.2. The summed E-state index contributed by atoms with van der Waals surface area (Å²) in [6.07, 6.45) is 4.16. The van der Waals surface area contributed by atoms with Crippen LogP contribution in [-0.2, 0) is 4.79 Å². The zero-order chi connectivity index (χ0) is 14.1. The lowest BCUT2D eigenvalue weighted by atomic mass is 9.75. The van der Waals surface area contributed by atoms with Crippen LogP contribution in [0.4, 0.5) is 0 Å². The maximum atomic E-state index is 11.5. The summed E-state index contributed by atoms with van der Waals surface area (Å²) in [5.41, 5.74) is 2.81. The molecule has 1 atom stereocenters. The molecule has 1 aliphatic heterocycles. The summed E-state index contributed by atoms with van der Waals surface area (Å²) >= 11 is 0. The van der Waals surface area contributed by atoms with Gasteiger partial charge in [-0.2, -0.15) is 0 Å². The number of aryl methyl sites for hydroxylation is 1. The molecule has 0 aromatic heterocycles. The number of rotatable bonds is 3. The summed E-state index contributed by atoms with van der Waals surface area (Å²) < 4.78 is 0. The zero-order valence-corrected chi connectivity index (χ0v) is 12.4.